The molecule has 0 spiro atoms. The van der Waals surface area contributed by atoms with Crippen LogP contribution in [0.5, 0.6) is 5.75 Å². The highest BCUT2D eigenvalue weighted by Gasteiger charge is 2.23. The van der Waals surface area contributed by atoms with Gasteiger partial charge < -0.3 is 9.84 Å². The molecule has 1 saturated carbocycles. The molecule has 0 atom stereocenters. The first kappa shape index (κ1) is 11.3. The predicted octanol–water partition coefficient (Wildman–Crippen LogP) is 3.65. The summed E-state index contributed by atoms with van der Waals surface area (Å²) in [7, 11) is 0. The predicted molar refractivity (Wildman–Crippen MR) is 70.4 cm³/mol. The molecule has 4 heteroatoms. The van der Waals surface area contributed by atoms with E-state index in [0.29, 0.717) is 11.0 Å². The summed E-state index contributed by atoms with van der Waals surface area (Å²) in [6.45, 7) is 0. The number of hydrogen-bond donors (Lipinski definition) is 1. The van der Waals surface area contributed by atoms with Crippen LogP contribution >= 0.6 is 11.3 Å². The van der Waals surface area contributed by atoms with Crippen LogP contribution in [0.15, 0.2) is 35.7 Å². The lowest BCUT2D eigenvalue weighted by Gasteiger charge is -2.05. The zero-order valence-corrected chi connectivity index (χ0v) is 10.4. The van der Waals surface area contributed by atoms with Gasteiger partial charge in [0.2, 0.25) is 0 Å². The van der Waals surface area contributed by atoms with Crippen molar-refractivity contribution in [1.82, 2.24) is 0 Å². The Morgan fingerprint density at radius 2 is 1.94 bits per heavy atom. The highest BCUT2D eigenvalue weighted by atomic mass is 32.1. The summed E-state index contributed by atoms with van der Waals surface area (Å²) in [6, 6.07) is 9.46. The second-order valence-electron chi connectivity index (χ2n) is 4.31. The van der Waals surface area contributed by atoms with Crippen LogP contribution in [-0.4, -0.2) is 17.2 Å². The van der Waals surface area contributed by atoms with Gasteiger partial charge in [0.05, 0.1) is 6.10 Å². The first-order valence-electron chi connectivity index (χ1n) is 5.82. The fourth-order valence-corrected chi connectivity index (χ4v) is 2.55. The van der Waals surface area contributed by atoms with Gasteiger partial charge in [0.1, 0.15) is 10.6 Å². The van der Waals surface area contributed by atoms with E-state index in [4.69, 9.17) is 9.84 Å². The van der Waals surface area contributed by atoms with Crippen molar-refractivity contribution in [2.75, 3.05) is 0 Å². The Morgan fingerprint density at radius 1 is 1.22 bits per heavy atom. The monoisotopic (exact) mass is 260 g/mol. The Morgan fingerprint density at radius 3 is 2.56 bits per heavy atom. The normalized spacial score (nSPS) is 14.4. The molecule has 0 bridgehead atoms. The van der Waals surface area contributed by atoms with Crippen molar-refractivity contribution in [3.63, 3.8) is 0 Å². The number of carboxylic acid groups (broad SMARTS) is 1. The molecule has 1 N–H and O–H groups in total. The van der Waals surface area contributed by atoms with Crippen molar-refractivity contribution in [3.05, 3.63) is 40.6 Å². The fourth-order valence-electron chi connectivity index (χ4n) is 1.79. The van der Waals surface area contributed by atoms with Crippen LogP contribution in [0.3, 0.4) is 0 Å². The highest BCUT2D eigenvalue weighted by Crippen LogP contribution is 2.31. The standard InChI is InChI=1S/C14H12O3S/c15-14(16)13-12(7-8-18-13)9-1-3-10(4-2-9)17-11-5-6-11/h1-4,7-8,11H,5-6H2,(H,15,16). The van der Waals surface area contributed by atoms with Crippen LogP contribution in [0.4, 0.5) is 0 Å². The lowest BCUT2D eigenvalue weighted by Crippen LogP contribution is -1.96. The molecular weight excluding hydrogens is 248 g/mol. The molecule has 3 rings (SSSR count). The highest BCUT2D eigenvalue weighted by molar-refractivity contribution is 7.12. The van der Waals surface area contributed by atoms with Crippen molar-refractivity contribution in [2.45, 2.75) is 18.9 Å². The van der Waals surface area contributed by atoms with E-state index in [0.717, 1.165) is 29.7 Å². The Balaban J connectivity index is 1.86. The maximum absolute atomic E-state index is 11.1. The molecule has 1 aliphatic rings. The minimum Gasteiger partial charge on any atom is -0.490 e. The van der Waals surface area contributed by atoms with Gasteiger partial charge in [0.25, 0.3) is 0 Å². The number of benzene rings is 1. The summed E-state index contributed by atoms with van der Waals surface area (Å²) >= 11 is 1.25. The SMILES string of the molecule is O=C(O)c1sccc1-c1ccc(OC2CC2)cc1. The molecule has 0 radical (unpaired) electrons. The molecule has 1 fully saturated rings. The smallest absolute Gasteiger partial charge is 0.346 e. The third kappa shape index (κ3) is 2.24. The third-order valence-corrected chi connectivity index (χ3v) is 3.75. The van der Waals surface area contributed by atoms with Crippen LogP contribution < -0.4 is 4.74 Å². The molecular formula is C14H12O3S. The quantitative estimate of drug-likeness (QED) is 0.912. The van der Waals surface area contributed by atoms with E-state index in [-0.39, 0.29) is 0 Å². The largest absolute Gasteiger partial charge is 0.490 e. The van der Waals surface area contributed by atoms with E-state index in [1.165, 1.54) is 11.3 Å². The number of hydrogen-bond acceptors (Lipinski definition) is 3. The van der Waals surface area contributed by atoms with Crippen molar-refractivity contribution >= 4 is 17.3 Å². The maximum Gasteiger partial charge on any atom is 0.346 e. The lowest BCUT2D eigenvalue weighted by molar-refractivity contribution is 0.0703. The number of ether oxygens (including phenoxy) is 1. The first-order chi connectivity index (χ1) is 8.74. The third-order valence-electron chi connectivity index (χ3n) is 2.85. The summed E-state index contributed by atoms with van der Waals surface area (Å²) in [5.41, 5.74) is 1.68. The Bertz CT molecular complexity index is 567. The van der Waals surface area contributed by atoms with Gasteiger partial charge in [0.15, 0.2) is 0 Å². The molecule has 1 aromatic carbocycles. The van der Waals surface area contributed by atoms with Crippen LogP contribution in [0, 0.1) is 0 Å². The summed E-state index contributed by atoms with van der Waals surface area (Å²) < 4.78 is 5.66. The fraction of sp³-hybridized carbons (Fsp3) is 0.214. The Labute approximate surface area is 109 Å². The van der Waals surface area contributed by atoms with Gasteiger partial charge in [-0.25, -0.2) is 4.79 Å². The molecule has 0 aliphatic heterocycles. The summed E-state index contributed by atoms with van der Waals surface area (Å²) in [6.07, 6.45) is 2.65. The first-order valence-corrected chi connectivity index (χ1v) is 6.70. The van der Waals surface area contributed by atoms with Crippen molar-refractivity contribution in [1.29, 1.82) is 0 Å². The zero-order chi connectivity index (χ0) is 12.5. The number of rotatable bonds is 4. The van der Waals surface area contributed by atoms with Gasteiger partial charge >= 0.3 is 5.97 Å². The summed E-state index contributed by atoms with van der Waals surface area (Å²) in [4.78, 5) is 11.4. The van der Waals surface area contributed by atoms with Crippen LogP contribution in [-0.2, 0) is 0 Å². The lowest BCUT2D eigenvalue weighted by atomic mass is 10.1. The van der Waals surface area contributed by atoms with Gasteiger partial charge in [-0.1, -0.05) is 12.1 Å². The molecule has 18 heavy (non-hydrogen) atoms. The van der Waals surface area contributed by atoms with Crippen molar-refractivity contribution in [3.8, 4) is 16.9 Å². The average molecular weight is 260 g/mol. The zero-order valence-electron chi connectivity index (χ0n) is 9.63. The molecule has 3 nitrogen and oxygen atoms in total. The molecule has 2 aromatic rings. The maximum atomic E-state index is 11.1. The average Bonchev–Trinajstić information content (AvgIpc) is 3.04. The van der Waals surface area contributed by atoms with Crippen LogP contribution in [0.2, 0.25) is 0 Å². The number of aromatic carboxylic acids is 1. The van der Waals surface area contributed by atoms with E-state index in [1.54, 1.807) is 5.38 Å². The van der Waals surface area contributed by atoms with Gasteiger partial charge in [-0.15, -0.1) is 11.3 Å². The minimum atomic E-state index is -0.877. The summed E-state index contributed by atoms with van der Waals surface area (Å²) in [5.74, 6) is -0.0216. The van der Waals surface area contributed by atoms with Gasteiger partial charge in [-0.05, 0) is 42.0 Å². The second-order valence-corrected chi connectivity index (χ2v) is 5.23. The van der Waals surface area contributed by atoms with Gasteiger partial charge in [0, 0.05) is 5.56 Å². The van der Waals surface area contributed by atoms with Crippen LogP contribution in [0.25, 0.3) is 11.1 Å². The Hall–Kier alpha value is -1.81. The van der Waals surface area contributed by atoms with Crippen molar-refractivity contribution < 1.29 is 14.6 Å². The van der Waals surface area contributed by atoms with Crippen LogP contribution in [0.1, 0.15) is 22.5 Å². The minimum absolute atomic E-state index is 0.380. The second kappa shape index (κ2) is 4.46. The molecule has 0 amide bonds. The van der Waals surface area contributed by atoms with E-state index in [1.807, 2.05) is 30.3 Å². The van der Waals surface area contributed by atoms with Crippen molar-refractivity contribution in [2.24, 2.45) is 0 Å². The Kier molecular flexibility index (Phi) is 2.80. The molecule has 1 aliphatic carbocycles. The van der Waals surface area contributed by atoms with E-state index in [2.05, 4.69) is 0 Å². The molecule has 1 aromatic heterocycles. The van der Waals surface area contributed by atoms with Gasteiger partial charge in [-0.3, -0.25) is 0 Å². The number of carboxylic acids is 1. The number of thiophene rings is 1. The number of carbonyl (C=O) groups is 1. The van der Waals surface area contributed by atoms with E-state index < -0.39 is 5.97 Å². The topological polar surface area (TPSA) is 46.5 Å². The molecule has 0 saturated heterocycles. The van der Waals surface area contributed by atoms with E-state index >= 15 is 0 Å². The van der Waals surface area contributed by atoms with Gasteiger partial charge in [-0.2, -0.15) is 0 Å². The molecule has 92 valence electrons. The molecule has 1 heterocycles. The summed E-state index contributed by atoms with van der Waals surface area (Å²) in [5, 5.41) is 10.9. The van der Waals surface area contributed by atoms with E-state index in [9.17, 15) is 4.79 Å². The molecule has 0 unspecified atom stereocenters.